The van der Waals surface area contributed by atoms with Gasteiger partial charge in [0.2, 0.25) is 11.8 Å². The molecule has 1 unspecified atom stereocenters. The van der Waals surface area contributed by atoms with E-state index in [0.29, 0.717) is 32.2 Å². The van der Waals surface area contributed by atoms with Crippen molar-refractivity contribution in [2.45, 2.75) is 46.1 Å². The number of ether oxygens (including phenoxy) is 1. The lowest BCUT2D eigenvalue weighted by atomic mass is 9.99. The zero-order valence-corrected chi connectivity index (χ0v) is 15.6. The highest BCUT2D eigenvalue weighted by Gasteiger charge is 2.35. The Labute approximate surface area is 150 Å². The lowest BCUT2D eigenvalue weighted by molar-refractivity contribution is -0.152. The Morgan fingerprint density at radius 1 is 1.24 bits per heavy atom. The Morgan fingerprint density at radius 3 is 2.56 bits per heavy atom. The summed E-state index contributed by atoms with van der Waals surface area (Å²) in [6.45, 7) is 9.47. The van der Waals surface area contributed by atoms with Gasteiger partial charge in [-0.25, -0.2) is 0 Å². The van der Waals surface area contributed by atoms with Crippen LogP contribution in [0.5, 0.6) is 0 Å². The Hall–Kier alpha value is -1.63. The lowest BCUT2D eigenvalue weighted by Gasteiger charge is -2.37. The van der Waals surface area contributed by atoms with E-state index in [0.717, 1.165) is 25.9 Å². The molecule has 2 aliphatic heterocycles. The second-order valence-electron chi connectivity index (χ2n) is 7.63. The van der Waals surface area contributed by atoms with E-state index in [1.54, 1.807) is 4.90 Å². The molecule has 0 saturated carbocycles. The zero-order chi connectivity index (χ0) is 18.4. The molecule has 2 aliphatic rings. The van der Waals surface area contributed by atoms with Crippen molar-refractivity contribution < 1.29 is 19.1 Å². The van der Waals surface area contributed by atoms with Crippen LogP contribution < -0.4 is 5.32 Å². The number of carbonyl (C=O) groups is 3. The molecule has 25 heavy (non-hydrogen) atoms. The summed E-state index contributed by atoms with van der Waals surface area (Å²) in [5, 5.41) is 2.74. The van der Waals surface area contributed by atoms with Crippen molar-refractivity contribution >= 4 is 17.8 Å². The van der Waals surface area contributed by atoms with Gasteiger partial charge in [-0.2, -0.15) is 0 Å². The van der Waals surface area contributed by atoms with Crippen molar-refractivity contribution in [2.75, 3.05) is 39.3 Å². The van der Waals surface area contributed by atoms with E-state index in [1.165, 1.54) is 0 Å². The second-order valence-corrected chi connectivity index (χ2v) is 7.63. The van der Waals surface area contributed by atoms with Gasteiger partial charge in [-0.05, 0) is 37.8 Å². The number of amides is 2. The molecule has 0 aromatic heterocycles. The SMILES string of the molecule is CC(C)COC(=O)CC1C(=O)NCCN1C(=O)CN1CCC(C)CC1. The van der Waals surface area contributed by atoms with Gasteiger partial charge in [-0.15, -0.1) is 0 Å². The van der Waals surface area contributed by atoms with Crippen molar-refractivity contribution in [3.63, 3.8) is 0 Å². The first-order chi connectivity index (χ1) is 11.9. The molecule has 7 nitrogen and oxygen atoms in total. The maximum absolute atomic E-state index is 12.7. The van der Waals surface area contributed by atoms with Gasteiger partial charge in [0.05, 0.1) is 19.6 Å². The van der Waals surface area contributed by atoms with E-state index in [-0.39, 0.29) is 24.2 Å². The van der Waals surface area contributed by atoms with Crippen LogP contribution in [0.4, 0.5) is 0 Å². The third-order valence-electron chi connectivity index (χ3n) is 4.82. The number of esters is 1. The average molecular weight is 353 g/mol. The van der Waals surface area contributed by atoms with Gasteiger partial charge in [0.1, 0.15) is 6.04 Å². The summed E-state index contributed by atoms with van der Waals surface area (Å²) in [6, 6.07) is -0.760. The van der Waals surface area contributed by atoms with Crippen LogP contribution in [0.1, 0.15) is 40.0 Å². The van der Waals surface area contributed by atoms with Crippen LogP contribution in [0.3, 0.4) is 0 Å². The van der Waals surface area contributed by atoms with Crippen LogP contribution in [-0.2, 0) is 19.1 Å². The monoisotopic (exact) mass is 353 g/mol. The molecule has 2 heterocycles. The molecule has 0 aromatic rings. The first-order valence-corrected chi connectivity index (χ1v) is 9.32. The minimum atomic E-state index is -0.760. The summed E-state index contributed by atoms with van der Waals surface area (Å²) >= 11 is 0. The number of hydrogen-bond donors (Lipinski definition) is 1. The predicted octanol–water partition coefficient (Wildman–Crippen LogP) is 0.635. The second kappa shape index (κ2) is 9.17. The molecule has 2 saturated heterocycles. The molecular weight excluding hydrogens is 322 g/mol. The predicted molar refractivity (Wildman–Crippen MR) is 93.8 cm³/mol. The van der Waals surface area contributed by atoms with Crippen molar-refractivity contribution in [3.05, 3.63) is 0 Å². The number of piperazine rings is 1. The molecule has 0 bridgehead atoms. The maximum atomic E-state index is 12.7. The van der Waals surface area contributed by atoms with Crippen molar-refractivity contribution in [3.8, 4) is 0 Å². The lowest BCUT2D eigenvalue weighted by Crippen LogP contribution is -2.59. The van der Waals surface area contributed by atoms with Crippen LogP contribution >= 0.6 is 0 Å². The highest BCUT2D eigenvalue weighted by molar-refractivity contribution is 5.92. The van der Waals surface area contributed by atoms with Crippen molar-refractivity contribution in [1.29, 1.82) is 0 Å². The smallest absolute Gasteiger partial charge is 0.308 e. The van der Waals surface area contributed by atoms with Crippen LogP contribution in [0.15, 0.2) is 0 Å². The Kier molecular flexibility index (Phi) is 7.23. The Morgan fingerprint density at radius 2 is 1.92 bits per heavy atom. The molecule has 0 aliphatic carbocycles. The topological polar surface area (TPSA) is 79.0 Å². The molecular formula is C18H31N3O4. The average Bonchev–Trinajstić information content (AvgIpc) is 2.57. The summed E-state index contributed by atoms with van der Waals surface area (Å²) < 4.78 is 5.18. The number of nitrogens with one attached hydrogen (secondary N) is 1. The number of piperidine rings is 1. The zero-order valence-electron chi connectivity index (χ0n) is 15.6. The number of rotatable bonds is 6. The molecule has 142 valence electrons. The maximum Gasteiger partial charge on any atom is 0.308 e. The van der Waals surface area contributed by atoms with E-state index >= 15 is 0 Å². The van der Waals surface area contributed by atoms with Crippen LogP contribution in [0.2, 0.25) is 0 Å². The number of hydrogen-bond acceptors (Lipinski definition) is 5. The quantitative estimate of drug-likeness (QED) is 0.709. The standard InChI is InChI=1S/C18H31N3O4/c1-13(2)12-25-17(23)10-15-18(24)19-6-9-21(15)16(22)11-20-7-4-14(3)5-8-20/h13-15H,4-12H2,1-3H3,(H,19,24). The molecule has 0 aromatic carbocycles. The molecule has 7 heteroatoms. The summed E-state index contributed by atoms with van der Waals surface area (Å²) in [5.41, 5.74) is 0. The fraction of sp³-hybridized carbons (Fsp3) is 0.833. The molecule has 2 amide bonds. The summed E-state index contributed by atoms with van der Waals surface area (Å²) in [7, 11) is 0. The van der Waals surface area contributed by atoms with Gasteiger partial charge < -0.3 is 15.0 Å². The van der Waals surface area contributed by atoms with E-state index in [9.17, 15) is 14.4 Å². The minimum Gasteiger partial charge on any atom is -0.465 e. The van der Waals surface area contributed by atoms with E-state index in [2.05, 4.69) is 17.1 Å². The number of nitrogens with zero attached hydrogens (tertiary/aromatic N) is 2. The van der Waals surface area contributed by atoms with E-state index in [1.807, 2.05) is 13.8 Å². The van der Waals surface area contributed by atoms with Gasteiger partial charge in [0.25, 0.3) is 0 Å². The Balaban J connectivity index is 1.92. The highest BCUT2D eigenvalue weighted by Crippen LogP contribution is 2.17. The third-order valence-corrected chi connectivity index (χ3v) is 4.82. The van der Waals surface area contributed by atoms with Crippen molar-refractivity contribution in [1.82, 2.24) is 15.1 Å². The van der Waals surface area contributed by atoms with Gasteiger partial charge in [0, 0.05) is 13.1 Å². The summed E-state index contributed by atoms with van der Waals surface area (Å²) in [6.07, 6.45) is 2.11. The fourth-order valence-electron chi connectivity index (χ4n) is 3.19. The van der Waals surface area contributed by atoms with Crippen LogP contribution in [0.25, 0.3) is 0 Å². The van der Waals surface area contributed by atoms with Gasteiger partial charge >= 0.3 is 5.97 Å². The molecule has 0 radical (unpaired) electrons. The van der Waals surface area contributed by atoms with E-state index < -0.39 is 12.0 Å². The highest BCUT2D eigenvalue weighted by atomic mass is 16.5. The largest absolute Gasteiger partial charge is 0.465 e. The fourth-order valence-corrected chi connectivity index (χ4v) is 3.19. The number of likely N-dealkylation sites (tertiary alicyclic amines) is 1. The normalized spacial score (nSPS) is 22.8. The molecule has 2 rings (SSSR count). The first-order valence-electron chi connectivity index (χ1n) is 9.32. The van der Waals surface area contributed by atoms with Crippen LogP contribution in [0, 0.1) is 11.8 Å². The summed E-state index contributed by atoms with van der Waals surface area (Å²) in [5.74, 6) is 0.165. The Bertz CT molecular complexity index is 487. The van der Waals surface area contributed by atoms with Gasteiger partial charge in [0.15, 0.2) is 0 Å². The van der Waals surface area contributed by atoms with Gasteiger partial charge in [-0.1, -0.05) is 20.8 Å². The minimum absolute atomic E-state index is 0.0777. The first kappa shape index (κ1) is 19.7. The summed E-state index contributed by atoms with van der Waals surface area (Å²) in [4.78, 5) is 40.6. The van der Waals surface area contributed by atoms with Gasteiger partial charge in [-0.3, -0.25) is 19.3 Å². The van der Waals surface area contributed by atoms with E-state index in [4.69, 9.17) is 4.74 Å². The third kappa shape index (κ3) is 5.99. The molecule has 0 spiro atoms. The molecule has 1 atom stereocenters. The number of carbonyl (C=O) groups excluding carboxylic acids is 3. The van der Waals surface area contributed by atoms with Crippen LogP contribution in [-0.4, -0.2) is 73.0 Å². The molecule has 2 fully saturated rings. The molecule has 1 N–H and O–H groups in total. The van der Waals surface area contributed by atoms with Crippen molar-refractivity contribution in [2.24, 2.45) is 11.8 Å².